The second-order valence-electron chi connectivity index (χ2n) is 3.92. The van der Waals surface area contributed by atoms with Crippen LogP contribution in [0.2, 0.25) is 10.2 Å². The topological polar surface area (TPSA) is 24.9 Å². The minimum atomic E-state index is 0.461. The average molecular weight is 346 g/mol. The van der Waals surface area contributed by atoms with Gasteiger partial charge in [-0.25, -0.2) is 4.98 Å². The molecule has 2 nitrogen and oxygen atoms in total. The normalized spacial score (nSPS) is 10.4. The summed E-state index contributed by atoms with van der Waals surface area (Å²) in [6, 6.07) is 7.76. The molecule has 0 saturated heterocycles. The van der Waals surface area contributed by atoms with Gasteiger partial charge in [-0.3, -0.25) is 0 Å². The zero-order valence-electron chi connectivity index (χ0n) is 9.67. The number of hydrogen-bond acceptors (Lipinski definition) is 2. The smallest absolute Gasteiger partial charge is 0.143 e. The van der Waals surface area contributed by atoms with Gasteiger partial charge in [-0.1, -0.05) is 29.3 Å². The lowest BCUT2D eigenvalue weighted by Crippen LogP contribution is -2.01. The molecule has 1 aromatic heterocycles. The highest BCUT2D eigenvalue weighted by Gasteiger charge is 2.02. The van der Waals surface area contributed by atoms with Crippen molar-refractivity contribution >= 4 is 44.8 Å². The SMILES string of the molecule is Cc1cc(Cl)ccc1CNc1cnc(Cl)c(Br)c1. The van der Waals surface area contributed by atoms with Crippen molar-refractivity contribution in [1.82, 2.24) is 4.98 Å². The zero-order chi connectivity index (χ0) is 13.1. The van der Waals surface area contributed by atoms with Gasteiger partial charge in [-0.2, -0.15) is 0 Å². The monoisotopic (exact) mass is 344 g/mol. The summed E-state index contributed by atoms with van der Waals surface area (Å²) in [5, 5.41) is 4.51. The predicted molar refractivity (Wildman–Crippen MR) is 80.5 cm³/mol. The summed E-state index contributed by atoms with van der Waals surface area (Å²) in [5.41, 5.74) is 3.28. The first-order valence-electron chi connectivity index (χ1n) is 5.36. The summed E-state index contributed by atoms with van der Waals surface area (Å²) in [6.45, 7) is 2.76. The summed E-state index contributed by atoms with van der Waals surface area (Å²) in [5.74, 6) is 0. The summed E-state index contributed by atoms with van der Waals surface area (Å²) in [7, 11) is 0. The molecule has 0 aliphatic heterocycles. The van der Waals surface area contributed by atoms with Crippen LogP contribution >= 0.6 is 39.1 Å². The first kappa shape index (κ1) is 13.7. The Kier molecular flexibility index (Phi) is 4.49. The third-order valence-electron chi connectivity index (χ3n) is 2.58. The van der Waals surface area contributed by atoms with Crippen LogP contribution < -0.4 is 5.32 Å². The second-order valence-corrected chi connectivity index (χ2v) is 5.57. The number of rotatable bonds is 3. The lowest BCUT2D eigenvalue weighted by Gasteiger charge is -2.09. The fraction of sp³-hybridized carbons (Fsp3) is 0.154. The van der Waals surface area contributed by atoms with E-state index in [9.17, 15) is 0 Å². The van der Waals surface area contributed by atoms with Crippen LogP contribution in [-0.2, 0) is 6.54 Å². The van der Waals surface area contributed by atoms with Crippen LogP contribution in [0.3, 0.4) is 0 Å². The van der Waals surface area contributed by atoms with Crippen LogP contribution in [0.4, 0.5) is 5.69 Å². The molecule has 0 atom stereocenters. The summed E-state index contributed by atoms with van der Waals surface area (Å²) in [6.07, 6.45) is 1.71. The number of hydrogen-bond donors (Lipinski definition) is 1. The van der Waals surface area contributed by atoms with Gasteiger partial charge in [-0.05, 0) is 52.2 Å². The van der Waals surface area contributed by atoms with E-state index in [2.05, 4.69) is 26.2 Å². The molecule has 1 aromatic carbocycles. The molecule has 2 aromatic rings. The van der Waals surface area contributed by atoms with E-state index in [0.29, 0.717) is 5.15 Å². The van der Waals surface area contributed by atoms with Gasteiger partial charge in [0.05, 0.1) is 16.4 Å². The maximum Gasteiger partial charge on any atom is 0.143 e. The second kappa shape index (κ2) is 5.91. The Hall–Kier alpha value is -0.770. The summed E-state index contributed by atoms with van der Waals surface area (Å²) in [4.78, 5) is 4.06. The maximum atomic E-state index is 5.92. The molecular weight excluding hydrogens is 335 g/mol. The Morgan fingerprint density at radius 2 is 2.06 bits per heavy atom. The Balaban J connectivity index is 2.09. The van der Waals surface area contributed by atoms with Crippen molar-refractivity contribution in [2.24, 2.45) is 0 Å². The number of nitrogens with zero attached hydrogens (tertiary/aromatic N) is 1. The van der Waals surface area contributed by atoms with Crippen LogP contribution in [0.1, 0.15) is 11.1 Å². The molecule has 2 rings (SSSR count). The van der Waals surface area contributed by atoms with Gasteiger partial charge in [0, 0.05) is 11.6 Å². The van der Waals surface area contributed by atoms with Gasteiger partial charge in [-0.15, -0.1) is 0 Å². The van der Waals surface area contributed by atoms with Gasteiger partial charge in [0.2, 0.25) is 0 Å². The largest absolute Gasteiger partial charge is 0.380 e. The molecule has 0 aliphatic rings. The van der Waals surface area contributed by atoms with Gasteiger partial charge in [0.15, 0.2) is 0 Å². The molecule has 0 radical (unpaired) electrons. The quantitative estimate of drug-likeness (QED) is 0.785. The first-order chi connectivity index (χ1) is 8.56. The molecule has 0 fully saturated rings. The molecule has 0 aliphatic carbocycles. The third kappa shape index (κ3) is 3.37. The van der Waals surface area contributed by atoms with Crippen LogP contribution in [0.5, 0.6) is 0 Å². The molecule has 0 unspecified atom stereocenters. The van der Waals surface area contributed by atoms with E-state index in [1.165, 1.54) is 5.56 Å². The molecule has 5 heteroatoms. The van der Waals surface area contributed by atoms with Crippen LogP contribution in [-0.4, -0.2) is 4.98 Å². The Bertz CT molecular complexity index is 573. The number of aromatic nitrogens is 1. The summed E-state index contributed by atoms with van der Waals surface area (Å²) < 4.78 is 0.780. The van der Waals surface area contributed by atoms with Crippen molar-refractivity contribution in [3.63, 3.8) is 0 Å². The van der Waals surface area contributed by atoms with Crippen LogP contribution in [0, 0.1) is 6.92 Å². The van der Waals surface area contributed by atoms with E-state index in [1.54, 1.807) is 6.20 Å². The van der Waals surface area contributed by atoms with E-state index in [0.717, 1.165) is 27.3 Å². The number of halogens is 3. The van der Waals surface area contributed by atoms with Crippen LogP contribution in [0.15, 0.2) is 34.9 Å². The molecule has 94 valence electrons. The van der Waals surface area contributed by atoms with Crippen molar-refractivity contribution in [3.05, 3.63) is 56.2 Å². The highest BCUT2D eigenvalue weighted by atomic mass is 79.9. The average Bonchev–Trinajstić information content (AvgIpc) is 2.32. The Labute approximate surface area is 124 Å². The van der Waals surface area contributed by atoms with Gasteiger partial charge in [0.25, 0.3) is 0 Å². The number of anilines is 1. The van der Waals surface area contributed by atoms with E-state index in [4.69, 9.17) is 23.2 Å². The number of pyridine rings is 1. The van der Waals surface area contributed by atoms with Crippen molar-refractivity contribution in [2.75, 3.05) is 5.32 Å². The van der Waals surface area contributed by atoms with Gasteiger partial charge < -0.3 is 5.32 Å². The van der Waals surface area contributed by atoms with E-state index in [-0.39, 0.29) is 0 Å². The van der Waals surface area contributed by atoms with Crippen molar-refractivity contribution < 1.29 is 0 Å². The Morgan fingerprint density at radius 1 is 1.28 bits per heavy atom. The van der Waals surface area contributed by atoms with E-state index in [1.807, 2.05) is 31.2 Å². The number of benzene rings is 1. The van der Waals surface area contributed by atoms with E-state index < -0.39 is 0 Å². The maximum absolute atomic E-state index is 5.92. The van der Waals surface area contributed by atoms with Crippen molar-refractivity contribution in [1.29, 1.82) is 0 Å². The lowest BCUT2D eigenvalue weighted by atomic mass is 10.1. The molecule has 1 N–H and O–H groups in total. The van der Waals surface area contributed by atoms with Crippen molar-refractivity contribution in [3.8, 4) is 0 Å². The fourth-order valence-corrected chi connectivity index (χ4v) is 2.25. The summed E-state index contributed by atoms with van der Waals surface area (Å²) >= 11 is 15.1. The zero-order valence-corrected chi connectivity index (χ0v) is 12.8. The Morgan fingerprint density at radius 3 is 2.72 bits per heavy atom. The molecular formula is C13H11BrCl2N2. The van der Waals surface area contributed by atoms with Crippen LogP contribution in [0.25, 0.3) is 0 Å². The predicted octanol–water partition coefficient (Wildman–Crippen LogP) is 5.07. The highest BCUT2D eigenvalue weighted by molar-refractivity contribution is 9.10. The molecule has 0 bridgehead atoms. The molecule has 18 heavy (non-hydrogen) atoms. The molecule has 1 heterocycles. The lowest BCUT2D eigenvalue weighted by molar-refractivity contribution is 1.11. The number of aryl methyl sites for hydroxylation is 1. The standard InChI is InChI=1S/C13H11BrCl2N2/c1-8-4-10(15)3-2-9(8)6-17-11-5-12(14)13(16)18-7-11/h2-5,7,17H,6H2,1H3. The fourth-order valence-electron chi connectivity index (χ4n) is 1.57. The van der Waals surface area contributed by atoms with E-state index >= 15 is 0 Å². The number of nitrogens with one attached hydrogen (secondary N) is 1. The van der Waals surface area contributed by atoms with Gasteiger partial charge >= 0.3 is 0 Å². The molecule has 0 saturated carbocycles. The van der Waals surface area contributed by atoms with Gasteiger partial charge in [0.1, 0.15) is 5.15 Å². The minimum Gasteiger partial charge on any atom is -0.380 e. The third-order valence-corrected chi connectivity index (χ3v) is 3.95. The molecule has 0 amide bonds. The molecule has 0 spiro atoms. The van der Waals surface area contributed by atoms with Crippen molar-refractivity contribution in [2.45, 2.75) is 13.5 Å². The first-order valence-corrected chi connectivity index (χ1v) is 6.91. The highest BCUT2D eigenvalue weighted by Crippen LogP contribution is 2.23. The minimum absolute atomic E-state index is 0.461.